The van der Waals surface area contributed by atoms with Gasteiger partial charge in [-0.25, -0.2) is 0 Å². The number of aryl methyl sites for hydroxylation is 1. The second-order valence-corrected chi connectivity index (χ2v) is 7.61. The molecule has 2 amide bonds. The lowest BCUT2D eigenvalue weighted by molar-refractivity contribution is -0.141. The number of amides is 2. The van der Waals surface area contributed by atoms with E-state index in [1.54, 1.807) is 15.9 Å². The molecule has 0 unspecified atom stereocenters. The minimum atomic E-state index is -0.105. The first kappa shape index (κ1) is 23.4. The molecule has 0 aromatic heterocycles. The second kappa shape index (κ2) is 12.0. The van der Waals surface area contributed by atoms with Crippen molar-refractivity contribution in [1.29, 1.82) is 0 Å². The van der Waals surface area contributed by atoms with Crippen LogP contribution in [0.3, 0.4) is 0 Å². The monoisotopic (exact) mass is 440 g/mol. The number of hydrogen-bond donors (Lipinski definition) is 0. The quantitative estimate of drug-likeness (QED) is 0.568. The van der Waals surface area contributed by atoms with Crippen LogP contribution in [0.4, 0.5) is 0 Å². The van der Waals surface area contributed by atoms with E-state index in [-0.39, 0.29) is 25.0 Å². The summed E-state index contributed by atoms with van der Waals surface area (Å²) in [6.07, 6.45) is 2.13. The maximum Gasteiger partial charge on any atom is 0.260 e. The lowest BCUT2D eigenvalue weighted by Gasteiger charge is -2.34. The van der Waals surface area contributed by atoms with Gasteiger partial charge in [0.15, 0.2) is 24.7 Å². The Balaban J connectivity index is 1.40. The van der Waals surface area contributed by atoms with Gasteiger partial charge in [-0.05, 0) is 43.2 Å². The third-order valence-electron chi connectivity index (χ3n) is 5.31. The Morgan fingerprint density at radius 1 is 0.750 bits per heavy atom. The van der Waals surface area contributed by atoms with Gasteiger partial charge in [0.1, 0.15) is 5.75 Å². The van der Waals surface area contributed by atoms with Crippen molar-refractivity contribution >= 4 is 11.8 Å². The van der Waals surface area contributed by atoms with Crippen molar-refractivity contribution in [2.75, 3.05) is 46.0 Å². The van der Waals surface area contributed by atoms with Gasteiger partial charge < -0.3 is 24.0 Å². The standard InChI is InChI=1S/C25H32N2O5/c1-3-7-20-10-12-21(13-11-20)31-18-24(28)26-14-16-27(17-15-26)25(29)19-32-23-9-6-5-8-22(23)30-4-2/h5-6,8-13H,3-4,7,14-19H2,1-2H3. The van der Waals surface area contributed by atoms with Gasteiger partial charge in [0.25, 0.3) is 11.8 Å². The van der Waals surface area contributed by atoms with Crippen molar-refractivity contribution in [3.05, 3.63) is 54.1 Å². The van der Waals surface area contributed by atoms with Crippen LogP contribution in [-0.2, 0) is 16.0 Å². The smallest absolute Gasteiger partial charge is 0.260 e. The van der Waals surface area contributed by atoms with Gasteiger partial charge >= 0.3 is 0 Å². The first-order valence-corrected chi connectivity index (χ1v) is 11.2. The highest BCUT2D eigenvalue weighted by Gasteiger charge is 2.24. The zero-order valence-electron chi connectivity index (χ0n) is 18.9. The fourth-order valence-electron chi connectivity index (χ4n) is 3.56. The number of carbonyl (C=O) groups excluding carboxylic acids is 2. The Labute approximate surface area is 189 Å². The molecule has 0 aliphatic carbocycles. The minimum absolute atomic E-state index is 0.00159. The molecule has 0 bridgehead atoms. The van der Waals surface area contributed by atoms with E-state index in [4.69, 9.17) is 14.2 Å². The summed E-state index contributed by atoms with van der Waals surface area (Å²) < 4.78 is 16.8. The molecule has 1 heterocycles. The number of nitrogens with zero attached hydrogens (tertiary/aromatic N) is 2. The summed E-state index contributed by atoms with van der Waals surface area (Å²) in [5.41, 5.74) is 1.26. The Bertz CT molecular complexity index is 876. The molecule has 0 saturated carbocycles. The van der Waals surface area contributed by atoms with Crippen molar-refractivity contribution in [2.45, 2.75) is 26.7 Å². The molecular weight excluding hydrogens is 408 g/mol. The average molecular weight is 441 g/mol. The zero-order valence-corrected chi connectivity index (χ0v) is 18.9. The average Bonchev–Trinajstić information content (AvgIpc) is 2.83. The normalized spacial score (nSPS) is 13.6. The summed E-state index contributed by atoms with van der Waals surface area (Å²) in [6, 6.07) is 15.2. The Kier molecular flexibility index (Phi) is 8.78. The number of rotatable bonds is 10. The SMILES string of the molecule is CCCc1ccc(OCC(=O)N2CCN(C(=O)COc3ccccc3OCC)CC2)cc1. The maximum atomic E-state index is 12.5. The molecule has 7 heteroatoms. The highest BCUT2D eigenvalue weighted by molar-refractivity contribution is 5.80. The van der Waals surface area contributed by atoms with Crippen LogP contribution in [-0.4, -0.2) is 67.6 Å². The Morgan fingerprint density at radius 2 is 1.28 bits per heavy atom. The van der Waals surface area contributed by atoms with Crippen LogP contribution in [0.2, 0.25) is 0 Å². The first-order chi connectivity index (χ1) is 15.6. The van der Waals surface area contributed by atoms with Gasteiger partial charge in [-0.15, -0.1) is 0 Å². The van der Waals surface area contributed by atoms with Gasteiger partial charge in [0.05, 0.1) is 6.61 Å². The van der Waals surface area contributed by atoms with Crippen LogP contribution < -0.4 is 14.2 Å². The molecule has 1 aliphatic rings. The fraction of sp³-hybridized carbons (Fsp3) is 0.440. The van der Waals surface area contributed by atoms with Crippen LogP contribution in [0, 0.1) is 0 Å². The molecule has 1 aliphatic heterocycles. The molecular formula is C25H32N2O5. The van der Waals surface area contributed by atoms with E-state index in [1.165, 1.54) is 5.56 Å². The molecule has 0 radical (unpaired) electrons. The molecule has 2 aromatic rings. The number of ether oxygens (including phenoxy) is 3. The second-order valence-electron chi connectivity index (χ2n) is 7.61. The summed E-state index contributed by atoms with van der Waals surface area (Å²) in [5.74, 6) is 1.69. The fourth-order valence-corrected chi connectivity index (χ4v) is 3.56. The summed E-state index contributed by atoms with van der Waals surface area (Å²) in [7, 11) is 0. The van der Waals surface area contributed by atoms with E-state index in [0.29, 0.717) is 50.0 Å². The van der Waals surface area contributed by atoms with Crippen LogP contribution in [0.15, 0.2) is 48.5 Å². The lowest BCUT2D eigenvalue weighted by atomic mass is 10.1. The molecule has 0 N–H and O–H groups in total. The van der Waals surface area contributed by atoms with Gasteiger partial charge in [-0.1, -0.05) is 37.6 Å². The van der Waals surface area contributed by atoms with Crippen LogP contribution in [0.5, 0.6) is 17.2 Å². The van der Waals surface area contributed by atoms with Crippen LogP contribution in [0.25, 0.3) is 0 Å². The molecule has 172 valence electrons. The number of para-hydroxylation sites is 2. The van der Waals surface area contributed by atoms with Gasteiger partial charge in [-0.2, -0.15) is 0 Å². The molecule has 0 atom stereocenters. The van der Waals surface area contributed by atoms with Crippen molar-refractivity contribution < 1.29 is 23.8 Å². The van der Waals surface area contributed by atoms with Gasteiger partial charge in [-0.3, -0.25) is 9.59 Å². The van der Waals surface area contributed by atoms with E-state index in [2.05, 4.69) is 6.92 Å². The number of piperazine rings is 1. The first-order valence-electron chi connectivity index (χ1n) is 11.2. The topological polar surface area (TPSA) is 68.3 Å². The van der Waals surface area contributed by atoms with E-state index < -0.39 is 0 Å². The number of carbonyl (C=O) groups is 2. The summed E-state index contributed by atoms with van der Waals surface area (Å²) in [6.45, 7) is 6.44. The summed E-state index contributed by atoms with van der Waals surface area (Å²) >= 11 is 0. The maximum absolute atomic E-state index is 12.5. The highest BCUT2D eigenvalue weighted by atomic mass is 16.5. The highest BCUT2D eigenvalue weighted by Crippen LogP contribution is 2.26. The third kappa shape index (κ3) is 6.64. The van der Waals surface area contributed by atoms with Crippen molar-refractivity contribution in [3.8, 4) is 17.2 Å². The molecule has 1 saturated heterocycles. The van der Waals surface area contributed by atoms with E-state index in [9.17, 15) is 9.59 Å². The Morgan fingerprint density at radius 3 is 1.81 bits per heavy atom. The van der Waals surface area contributed by atoms with Gasteiger partial charge in [0.2, 0.25) is 0 Å². The lowest BCUT2D eigenvalue weighted by Crippen LogP contribution is -2.52. The van der Waals surface area contributed by atoms with Gasteiger partial charge in [0, 0.05) is 26.2 Å². The van der Waals surface area contributed by atoms with Crippen LogP contribution >= 0.6 is 0 Å². The van der Waals surface area contributed by atoms with Crippen molar-refractivity contribution in [2.24, 2.45) is 0 Å². The third-order valence-corrected chi connectivity index (χ3v) is 5.31. The van der Waals surface area contributed by atoms with E-state index >= 15 is 0 Å². The summed E-state index contributed by atoms with van der Waals surface area (Å²) in [4.78, 5) is 28.5. The van der Waals surface area contributed by atoms with Crippen molar-refractivity contribution in [1.82, 2.24) is 9.80 Å². The zero-order chi connectivity index (χ0) is 22.8. The molecule has 3 rings (SSSR count). The minimum Gasteiger partial charge on any atom is -0.490 e. The number of hydrogen-bond acceptors (Lipinski definition) is 5. The molecule has 0 spiro atoms. The number of benzene rings is 2. The van der Waals surface area contributed by atoms with Crippen LogP contribution in [0.1, 0.15) is 25.8 Å². The molecule has 32 heavy (non-hydrogen) atoms. The van der Waals surface area contributed by atoms with E-state index in [1.807, 2.05) is 49.4 Å². The molecule has 7 nitrogen and oxygen atoms in total. The van der Waals surface area contributed by atoms with Crippen molar-refractivity contribution in [3.63, 3.8) is 0 Å². The largest absolute Gasteiger partial charge is 0.490 e. The predicted octanol–water partition coefficient (Wildman–Crippen LogP) is 3.17. The van der Waals surface area contributed by atoms with E-state index in [0.717, 1.165) is 12.8 Å². The molecule has 2 aromatic carbocycles. The summed E-state index contributed by atoms with van der Waals surface area (Å²) in [5, 5.41) is 0. The predicted molar refractivity (Wildman–Crippen MR) is 122 cm³/mol. The Hall–Kier alpha value is -3.22. The molecule has 1 fully saturated rings.